The molecule has 0 spiro atoms. The number of ether oxygens (including phenoxy) is 2. The lowest BCUT2D eigenvalue weighted by Gasteiger charge is -2.27. The second-order valence-corrected chi connectivity index (χ2v) is 11.9. The molecule has 0 bridgehead atoms. The van der Waals surface area contributed by atoms with Crippen LogP contribution in [0.4, 0.5) is 4.79 Å². The highest BCUT2D eigenvalue weighted by Crippen LogP contribution is 2.35. The summed E-state index contributed by atoms with van der Waals surface area (Å²) in [6.07, 6.45) is 13.9. The van der Waals surface area contributed by atoms with E-state index in [1.54, 1.807) is 0 Å². The number of likely N-dealkylation sites (tertiary alicyclic amines) is 1. The monoisotopic (exact) mass is 578 g/mol. The molecule has 0 aliphatic carbocycles. The summed E-state index contributed by atoms with van der Waals surface area (Å²) in [6, 6.07) is 7.15. The number of amides is 1. The first-order valence-corrected chi connectivity index (χ1v) is 16.7. The first-order valence-electron chi connectivity index (χ1n) is 15.5. The Balaban J connectivity index is 0.000000355. The summed E-state index contributed by atoms with van der Waals surface area (Å²) >= 11 is 0.796. The standard InChI is InChI=1S/C23H36N2O2.C7H14O.C2H4O2S/c1-4-6-11-24(12-7-5-2)23(26)17-25-16-21(14-18(25)3)19-8-9-22-20(15-19)10-13-27-22;1-2-7-5-3-4-6-8-7;1-5-2(3)4/h8-9,15,18,21H,4-7,10-14,16-17H2,1-3H3;7H,2-6H2,1H3;1H3,(H,3,4)/t18-,21+;;/m0../s1. The molecule has 228 valence electrons. The van der Waals surface area contributed by atoms with Gasteiger partial charge in [-0.25, -0.2) is 4.79 Å². The van der Waals surface area contributed by atoms with Crippen molar-refractivity contribution in [1.29, 1.82) is 0 Å². The zero-order chi connectivity index (χ0) is 29.3. The number of carboxylic acid groups (broad SMARTS) is 1. The molecular weight excluding hydrogens is 524 g/mol. The lowest BCUT2D eigenvalue weighted by Crippen LogP contribution is -2.42. The average Bonchev–Trinajstić information content (AvgIpc) is 3.60. The van der Waals surface area contributed by atoms with Gasteiger partial charge in [-0.05, 0) is 93.0 Å². The summed E-state index contributed by atoms with van der Waals surface area (Å²) in [5.41, 5.74) is 2.76. The topological polar surface area (TPSA) is 79.3 Å². The smallest absolute Gasteiger partial charge is 0.364 e. The molecule has 1 unspecified atom stereocenters. The second kappa shape index (κ2) is 19.4. The molecule has 0 radical (unpaired) electrons. The van der Waals surface area contributed by atoms with Crippen molar-refractivity contribution in [2.45, 2.75) is 110 Å². The Labute approximate surface area is 247 Å². The number of carbonyl (C=O) groups excluding carboxylic acids is 1. The van der Waals surface area contributed by atoms with E-state index < -0.39 is 5.30 Å². The fourth-order valence-electron chi connectivity index (χ4n) is 5.48. The van der Waals surface area contributed by atoms with Crippen LogP contribution < -0.4 is 4.74 Å². The van der Waals surface area contributed by atoms with Gasteiger partial charge in [0.25, 0.3) is 0 Å². The molecule has 7 nitrogen and oxygen atoms in total. The third kappa shape index (κ3) is 12.0. The first kappa shape index (κ1) is 34.4. The van der Waals surface area contributed by atoms with Gasteiger partial charge in [0, 0.05) is 38.7 Å². The van der Waals surface area contributed by atoms with E-state index in [0.29, 0.717) is 30.5 Å². The number of unbranched alkanes of at least 4 members (excludes halogenated alkanes) is 2. The van der Waals surface area contributed by atoms with E-state index in [-0.39, 0.29) is 0 Å². The largest absolute Gasteiger partial charge is 0.493 e. The zero-order valence-electron chi connectivity index (χ0n) is 25.7. The van der Waals surface area contributed by atoms with E-state index in [4.69, 9.17) is 14.6 Å². The molecule has 0 saturated carbocycles. The third-order valence-corrected chi connectivity index (χ3v) is 8.40. The Kier molecular flexibility index (Phi) is 16.7. The van der Waals surface area contributed by atoms with Crippen molar-refractivity contribution in [3.05, 3.63) is 29.3 Å². The number of hydrogen-bond acceptors (Lipinski definition) is 6. The SMILES string of the molecule is CCC1CCCCO1.CCCCN(CCCC)C(=O)CN1C[C@H](c2ccc3c(c2)CCO3)C[C@@H]1C.CSC(=O)O. The minimum Gasteiger partial charge on any atom is -0.493 e. The highest BCUT2D eigenvalue weighted by atomic mass is 32.2. The molecule has 2 fully saturated rings. The normalized spacial score (nSPS) is 21.8. The van der Waals surface area contributed by atoms with Crippen molar-refractivity contribution in [1.82, 2.24) is 9.80 Å². The van der Waals surface area contributed by atoms with E-state index >= 15 is 0 Å². The molecule has 1 aromatic rings. The van der Waals surface area contributed by atoms with E-state index in [0.717, 1.165) is 88.9 Å². The summed E-state index contributed by atoms with van der Waals surface area (Å²) in [6.45, 7) is 14.0. The third-order valence-electron chi connectivity index (χ3n) is 8.05. The molecule has 40 heavy (non-hydrogen) atoms. The predicted octanol–water partition coefficient (Wildman–Crippen LogP) is 7.22. The van der Waals surface area contributed by atoms with Gasteiger partial charge in [-0.15, -0.1) is 0 Å². The van der Waals surface area contributed by atoms with E-state index in [1.165, 1.54) is 43.1 Å². The van der Waals surface area contributed by atoms with Crippen LogP contribution in [0.3, 0.4) is 0 Å². The van der Waals surface area contributed by atoms with Crippen LogP contribution in [0.5, 0.6) is 5.75 Å². The minimum absolute atomic E-state index is 0.312. The van der Waals surface area contributed by atoms with E-state index in [2.05, 4.69) is 55.7 Å². The van der Waals surface area contributed by atoms with Crippen LogP contribution in [-0.4, -0.2) is 83.9 Å². The van der Waals surface area contributed by atoms with Crippen molar-refractivity contribution in [2.24, 2.45) is 0 Å². The minimum atomic E-state index is -0.829. The number of thioether (sulfide) groups is 1. The number of benzene rings is 1. The number of rotatable bonds is 10. The van der Waals surface area contributed by atoms with Gasteiger partial charge in [0.2, 0.25) is 5.91 Å². The number of fused-ring (bicyclic) bond motifs is 1. The Morgan fingerprint density at radius 1 is 1.10 bits per heavy atom. The Hall–Kier alpha value is -1.77. The molecule has 8 heteroatoms. The lowest BCUT2D eigenvalue weighted by atomic mass is 9.94. The van der Waals surface area contributed by atoms with Gasteiger partial charge in [-0.1, -0.05) is 45.7 Å². The molecule has 3 aliphatic rings. The van der Waals surface area contributed by atoms with Crippen LogP contribution in [0, 0.1) is 0 Å². The van der Waals surface area contributed by atoms with Crippen molar-refractivity contribution in [3.63, 3.8) is 0 Å². The molecule has 0 aromatic heterocycles. The van der Waals surface area contributed by atoms with Crippen LogP contribution in [0.25, 0.3) is 0 Å². The molecule has 2 saturated heterocycles. The summed E-state index contributed by atoms with van der Waals surface area (Å²) in [5.74, 6) is 1.89. The van der Waals surface area contributed by atoms with Crippen LogP contribution >= 0.6 is 11.8 Å². The Morgan fingerprint density at radius 2 is 1.80 bits per heavy atom. The highest BCUT2D eigenvalue weighted by molar-refractivity contribution is 8.12. The number of hydrogen-bond donors (Lipinski definition) is 1. The van der Waals surface area contributed by atoms with Crippen molar-refractivity contribution < 1.29 is 24.2 Å². The van der Waals surface area contributed by atoms with Crippen molar-refractivity contribution in [3.8, 4) is 5.75 Å². The molecule has 1 amide bonds. The van der Waals surface area contributed by atoms with Gasteiger partial charge in [-0.2, -0.15) is 0 Å². The van der Waals surface area contributed by atoms with Gasteiger partial charge in [0.1, 0.15) is 5.75 Å². The van der Waals surface area contributed by atoms with Gasteiger partial charge < -0.3 is 19.5 Å². The Morgan fingerprint density at radius 3 is 2.35 bits per heavy atom. The molecule has 3 heterocycles. The van der Waals surface area contributed by atoms with Gasteiger partial charge in [0.05, 0.1) is 19.3 Å². The second-order valence-electron chi connectivity index (χ2n) is 11.1. The number of nitrogens with zero attached hydrogens (tertiary/aromatic N) is 2. The zero-order valence-corrected chi connectivity index (χ0v) is 26.5. The van der Waals surface area contributed by atoms with Gasteiger partial charge >= 0.3 is 5.30 Å². The Bertz CT molecular complexity index is 869. The molecule has 3 aliphatic heterocycles. The van der Waals surface area contributed by atoms with Gasteiger partial charge in [-0.3, -0.25) is 9.69 Å². The van der Waals surface area contributed by atoms with E-state index in [1.807, 2.05) is 0 Å². The maximum atomic E-state index is 12.9. The average molecular weight is 579 g/mol. The fraction of sp³-hybridized carbons (Fsp3) is 0.750. The summed E-state index contributed by atoms with van der Waals surface area (Å²) < 4.78 is 11.1. The van der Waals surface area contributed by atoms with Gasteiger partial charge in [0.15, 0.2) is 0 Å². The maximum Gasteiger partial charge on any atom is 0.364 e. The fourth-order valence-corrected chi connectivity index (χ4v) is 5.48. The maximum absolute atomic E-state index is 12.9. The highest BCUT2D eigenvalue weighted by Gasteiger charge is 2.32. The molecular formula is C32H54N2O5S. The van der Waals surface area contributed by atoms with Crippen LogP contribution in [0.2, 0.25) is 0 Å². The van der Waals surface area contributed by atoms with Crippen molar-refractivity contribution >= 4 is 23.0 Å². The molecule has 1 N–H and O–H groups in total. The quantitative estimate of drug-likeness (QED) is 0.314. The summed E-state index contributed by atoms with van der Waals surface area (Å²) in [7, 11) is 0. The lowest BCUT2D eigenvalue weighted by molar-refractivity contribution is -0.132. The number of carbonyl (C=O) groups is 2. The summed E-state index contributed by atoms with van der Waals surface area (Å²) in [5, 5.41) is 6.86. The molecule has 1 aromatic carbocycles. The molecule has 4 rings (SSSR count). The van der Waals surface area contributed by atoms with Crippen LogP contribution in [0.15, 0.2) is 18.2 Å². The predicted molar refractivity (Wildman–Crippen MR) is 166 cm³/mol. The van der Waals surface area contributed by atoms with Crippen LogP contribution in [0.1, 0.15) is 103 Å². The first-order chi connectivity index (χ1) is 19.3. The van der Waals surface area contributed by atoms with Crippen LogP contribution in [-0.2, 0) is 16.0 Å². The molecule has 3 atom stereocenters. The van der Waals surface area contributed by atoms with Crippen molar-refractivity contribution in [2.75, 3.05) is 45.6 Å². The summed E-state index contributed by atoms with van der Waals surface area (Å²) in [4.78, 5) is 26.7. The van der Waals surface area contributed by atoms with E-state index in [9.17, 15) is 9.59 Å².